The third kappa shape index (κ3) is 5.42. The summed E-state index contributed by atoms with van der Waals surface area (Å²) in [6.07, 6.45) is 0.823. The molecular formula is C14H22N2O2S. The van der Waals surface area contributed by atoms with Crippen LogP contribution >= 0.6 is 11.3 Å². The van der Waals surface area contributed by atoms with Crippen LogP contribution in [0.4, 0.5) is 0 Å². The number of hydrogen-bond acceptors (Lipinski definition) is 3. The number of thiophene rings is 1. The van der Waals surface area contributed by atoms with E-state index in [9.17, 15) is 9.59 Å². The van der Waals surface area contributed by atoms with Crippen molar-refractivity contribution in [2.45, 2.75) is 40.2 Å². The van der Waals surface area contributed by atoms with E-state index in [1.54, 1.807) is 18.3 Å². The molecule has 2 amide bonds. The Hall–Kier alpha value is -1.36. The first kappa shape index (κ1) is 15.7. The maximum atomic E-state index is 11.8. The molecule has 0 bridgehead atoms. The largest absolute Gasteiger partial charge is 0.354 e. The molecule has 5 heteroatoms. The molecule has 1 aromatic rings. The predicted octanol–water partition coefficient (Wildman–Crippen LogP) is 1.96. The Labute approximate surface area is 118 Å². The molecule has 1 rings (SSSR count). The van der Waals surface area contributed by atoms with Gasteiger partial charge >= 0.3 is 0 Å². The second kappa shape index (κ2) is 6.70. The van der Waals surface area contributed by atoms with Gasteiger partial charge in [0.25, 0.3) is 0 Å². The highest BCUT2D eigenvalue weighted by Gasteiger charge is 2.24. The van der Waals surface area contributed by atoms with E-state index >= 15 is 0 Å². The van der Waals surface area contributed by atoms with Crippen molar-refractivity contribution < 1.29 is 9.59 Å². The van der Waals surface area contributed by atoms with Gasteiger partial charge in [-0.05, 0) is 24.8 Å². The summed E-state index contributed by atoms with van der Waals surface area (Å²) in [5.74, 6) is -0.262. The highest BCUT2D eigenvalue weighted by molar-refractivity contribution is 7.09. The lowest BCUT2D eigenvalue weighted by atomic mass is 9.95. The zero-order valence-electron chi connectivity index (χ0n) is 11.9. The molecule has 4 nitrogen and oxygen atoms in total. The Morgan fingerprint density at radius 2 is 2.05 bits per heavy atom. The molecule has 0 fully saturated rings. The molecule has 0 aliphatic carbocycles. The van der Waals surface area contributed by atoms with E-state index in [1.807, 2.05) is 38.3 Å². The standard InChI is InChI=1S/C14H22N2O2S/c1-10(16-13(18)14(2,3)4)12(17)15-8-7-11-6-5-9-19-11/h5-6,9-10H,7-8H2,1-4H3,(H,15,17)(H,16,18). The maximum Gasteiger partial charge on any atom is 0.242 e. The van der Waals surface area contributed by atoms with Gasteiger partial charge in [-0.1, -0.05) is 26.8 Å². The molecule has 0 saturated heterocycles. The minimum absolute atomic E-state index is 0.117. The van der Waals surface area contributed by atoms with Crippen molar-refractivity contribution >= 4 is 23.2 Å². The summed E-state index contributed by atoms with van der Waals surface area (Å²) in [4.78, 5) is 24.8. The summed E-state index contributed by atoms with van der Waals surface area (Å²) in [6, 6.07) is 3.53. The van der Waals surface area contributed by atoms with Crippen molar-refractivity contribution in [3.63, 3.8) is 0 Å². The van der Waals surface area contributed by atoms with E-state index in [0.717, 1.165) is 6.42 Å². The molecule has 2 N–H and O–H groups in total. The van der Waals surface area contributed by atoms with Gasteiger partial charge in [-0.2, -0.15) is 0 Å². The number of rotatable bonds is 5. The molecule has 1 unspecified atom stereocenters. The zero-order chi connectivity index (χ0) is 14.5. The molecule has 0 aromatic carbocycles. The third-order valence-corrected chi connectivity index (χ3v) is 3.61. The second-order valence-corrected chi connectivity index (χ2v) is 6.60. The molecule has 0 spiro atoms. The van der Waals surface area contributed by atoms with Crippen LogP contribution in [-0.2, 0) is 16.0 Å². The fraction of sp³-hybridized carbons (Fsp3) is 0.571. The van der Waals surface area contributed by atoms with Gasteiger partial charge < -0.3 is 10.6 Å². The van der Waals surface area contributed by atoms with E-state index in [0.29, 0.717) is 6.54 Å². The van der Waals surface area contributed by atoms with Crippen molar-refractivity contribution in [3.8, 4) is 0 Å². The molecule has 0 aliphatic rings. The first-order chi connectivity index (χ1) is 8.80. The van der Waals surface area contributed by atoms with Gasteiger partial charge in [-0.25, -0.2) is 0 Å². The van der Waals surface area contributed by atoms with E-state index in [-0.39, 0.29) is 11.8 Å². The van der Waals surface area contributed by atoms with Crippen LogP contribution < -0.4 is 10.6 Å². The fourth-order valence-electron chi connectivity index (χ4n) is 1.40. The van der Waals surface area contributed by atoms with Crippen LogP contribution in [0.25, 0.3) is 0 Å². The number of carbonyl (C=O) groups excluding carboxylic acids is 2. The van der Waals surface area contributed by atoms with E-state index in [2.05, 4.69) is 10.6 Å². The molecule has 19 heavy (non-hydrogen) atoms. The summed E-state index contributed by atoms with van der Waals surface area (Å²) in [6.45, 7) is 7.76. The van der Waals surface area contributed by atoms with Crippen molar-refractivity contribution in [1.82, 2.24) is 10.6 Å². The summed E-state index contributed by atoms with van der Waals surface area (Å²) < 4.78 is 0. The second-order valence-electron chi connectivity index (χ2n) is 5.57. The summed E-state index contributed by atoms with van der Waals surface area (Å²) in [7, 11) is 0. The van der Waals surface area contributed by atoms with E-state index in [1.165, 1.54) is 4.88 Å². The van der Waals surface area contributed by atoms with Gasteiger partial charge in [0.1, 0.15) is 6.04 Å². The molecular weight excluding hydrogens is 260 g/mol. The average molecular weight is 282 g/mol. The SMILES string of the molecule is CC(NC(=O)C(C)(C)C)C(=O)NCCc1cccs1. The summed E-state index contributed by atoms with van der Waals surface area (Å²) in [5, 5.41) is 7.56. The molecule has 0 radical (unpaired) electrons. The van der Waals surface area contributed by atoms with E-state index in [4.69, 9.17) is 0 Å². The minimum Gasteiger partial charge on any atom is -0.354 e. The van der Waals surface area contributed by atoms with Gasteiger partial charge in [0, 0.05) is 16.8 Å². The topological polar surface area (TPSA) is 58.2 Å². The normalized spacial score (nSPS) is 12.8. The Bertz CT molecular complexity index is 421. The number of nitrogens with one attached hydrogen (secondary N) is 2. The van der Waals surface area contributed by atoms with Gasteiger partial charge in [-0.3, -0.25) is 9.59 Å². The highest BCUT2D eigenvalue weighted by atomic mass is 32.1. The van der Waals surface area contributed by atoms with Crippen LogP contribution in [-0.4, -0.2) is 24.4 Å². The third-order valence-electron chi connectivity index (χ3n) is 2.67. The fourth-order valence-corrected chi connectivity index (χ4v) is 2.10. The minimum atomic E-state index is -0.505. The van der Waals surface area contributed by atoms with Gasteiger partial charge in [0.05, 0.1) is 0 Å². The average Bonchev–Trinajstić information content (AvgIpc) is 2.80. The lowest BCUT2D eigenvalue weighted by Crippen LogP contribution is -2.48. The Morgan fingerprint density at radius 3 is 2.58 bits per heavy atom. The highest BCUT2D eigenvalue weighted by Crippen LogP contribution is 2.12. The first-order valence-corrected chi connectivity index (χ1v) is 7.29. The Kier molecular flexibility index (Phi) is 5.54. The Morgan fingerprint density at radius 1 is 1.37 bits per heavy atom. The molecule has 1 atom stereocenters. The zero-order valence-corrected chi connectivity index (χ0v) is 12.8. The first-order valence-electron chi connectivity index (χ1n) is 6.42. The maximum absolute atomic E-state index is 11.8. The van der Waals surface area contributed by atoms with Crippen LogP contribution in [0.15, 0.2) is 17.5 Å². The van der Waals surface area contributed by atoms with Crippen LogP contribution in [0.5, 0.6) is 0 Å². The lowest BCUT2D eigenvalue weighted by Gasteiger charge is -2.21. The van der Waals surface area contributed by atoms with Crippen LogP contribution in [0.3, 0.4) is 0 Å². The van der Waals surface area contributed by atoms with Crippen molar-refractivity contribution in [2.24, 2.45) is 5.41 Å². The smallest absolute Gasteiger partial charge is 0.242 e. The number of hydrogen-bond donors (Lipinski definition) is 2. The van der Waals surface area contributed by atoms with Crippen molar-refractivity contribution in [1.29, 1.82) is 0 Å². The van der Waals surface area contributed by atoms with Gasteiger partial charge in [-0.15, -0.1) is 11.3 Å². The monoisotopic (exact) mass is 282 g/mol. The molecule has 1 aromatic heterocycles. The molecule has 0 aliphatic heterocycles. The van der Waals surface area contributed by atoms with Crippen LogP contribution in [0.2, 0.25) is 0 Å². The van der Waals surface area contributed by atoms with Crippen molar-refractivity contribution in [2.75, 3.05) is 6.54 Å². The number of amides is 2. The molecule has 0 saturated carbocycles. The van der Waals surface area contributed by atoms with Crippen molar-refractivity contribution in [3.05, 3.63) is 22.4 Å². The lowest BCUT2D eigenvalue weighted by molar-refractivity contribution is -0.133. The summed E-state index contributed by atoms with van der Waals surface area (Å²) >= 11 is 1.68. The molecule has 1 heterocycles. The van der Waals surface area contributed by atoms with Crippen LogP contribution in [0, 0.1) is 5.41 Å². The number of carbonyl (C=O) groups is 2. The summed E-state index contributed by atoms with van der Waals surface area (Å²) in [5.41, 5.74) is -0.481. The predicted molar refractivity (Wildman–Crippen MR) is 78.1 cm³/mol. The van der Waals surface area contributed by atoms with E-state index < -0.39 is 11.5 Å². The van der Waals surface area contributed by atoms with Crippen LogP contribution in [0.1, 0.15) is 32.6 Å². The Balaban J connectivity index is 2.31. The van der Waals surface area contributed by atoms with Gasteiger partial charge in [0.2, 0.25) is 11.8 Å². The molecule has 106 valence electrons. The van der Waals surface area contributed by atoms with Gasteiger partial charge in [0.15, 0.2) is 0 Å². The quantitative estimate of drug-likeness (QED) is 0.867.